The molecule has 0 aliphatic carbocycles. The Labute approximate surface area is 87.2 Å². The van der Waals surface area contributed by atoms with Gasteiger partial charge in [0.2, 0.25) is 0 Å². The average molecular weight is 207 g/mol. The fraction of sp³-hybridized carbons (Fsp3) is 0.300. The normalized spacial score (nSPS) is 13.0. The minimum atomic E-state index is 0.218. The van der Waals surface area contributed by atoms with Gasteiger partial charge in [-0.3, -0.25) is 0 Å². The predicted octanol–water partition coefficient (Wildman–Crippen LogP) is 2.44. The van der Waals surface area contributed by atoms with Crippen molar-refractivity contribution < 1.29 is 0 Å². The van der Waals surface area contributed by atoms with E-state index in [1.165, 1.54) is 5.56 Å². The van der Waals surface area contributed by atoms with Crippen LogP contribution in [0.4, 0.5) is 5.82 Å². The van der Waals surface area contributed by atoms with Crippen molar-refractivity contribution in [3.8, 4) is 0 Å². The molecule has 0 aliphatic heterocycles. The molecule has 0 unspecified atom stereocenters. The van der Waals surface area contributed by atoms with Gasteiger partial charge in [-0.25, -0.2) is 4.68 Å². The number of nitrogen functional groups attached to an aromatic ring is 1. The van der Waals surface area contributed by atoms with Gasteiger partial charge in [-0.2, -0.15) is 16.4 Å². The van der Waals surface area contributed by atoms with Gasteiger partial charge >= 0.3 is 0 Å². The second-order valence-corrected chi connectivity index (χ2v) is 4.17. The topological polar surface area (TPSA) is 43.8 Å². The van der Waals surface area contributed by atoms with Gasteiger partial charge < -0.3 is 5.73 Å². The van der Waals surface area contributed by atoms with E-state index in [1.54, 1.807) is 11.3 Å². The lowest BCUT2D eigenvalue weighted by Gasteiger charge is -2.11. The number of thiophene rings is 1. The van der Waals surface area contributed by atoms with E-state index >= 15 is 0 Å². The van der Waals surface area contributed by atoms with E-state index < -0.39 is 0 Å². The van der Waals surface area contributed by atoms with Crippen molar-refractivity contribution in [2.45, 2.75) is 19.9 Å². The van der Waals surface area contributed by atoms with E-state index in [2.05, 4.69) is 28.8 Å². The zero-order chi connectivity index (χ0) is 10.1. The van der Waals surface area contributed by atoms with E-state index in [0.29, 0.717) is 0 Å². The first kappa shape index (κ1) is 9.27. The van der Waals surface area contributed by atoms with Crippen LogP contribution in [0, 0.1) is 6.92 Å². The Morgan fingerprint density at radius 2 is 2.36 bits per heavy atom. The molecular formula is C10H13N3S. The molecule has 0 spiro atoms. The zero-order valence-corrected chi connectivity index (χ0v) is 9.08. The van der Waals surface area contributed by atoms with Crippen LogP contribution in [0.1, 0.15) is 24.2 Å². The summed E-state index contributed by atoms with van der Waals surface area (Å²) >= 11 is 1.69. The molecule has 0 aliphatic rings. The molecule has 74 valence electrons. The molecule has 14 heavy (non-hydrogen) atoms. The lowest BCUT2D eigenvalue weighted by atomic mass is 10.2. The molecule has 0 fully saturated rings. The molecule has 0 radical (unpaired) electrons. The van der Waals surface area contributed by atoms with Crippen LogP contribution in [0.3, 0.4) is 0 Å². The van der Waals surface area contributed by atoms with Crippen LogP contribution in [0.5, 0.6) is 0 Å². The maximum Gasteiger partial charge on any atom is 0.122 e. The maximum absolute atomic E-state index is 5.85. The molecule has 2 heterocycles. The molecule has 0 bridgehead atoms. The molecule has 0 amide bonds. The van der Waals surface area contributed by atoms with Crippen molar-refractivity contribution in [2.24, 2.45) is 0 Å². The highest BCUT2D eigenvalue weighted by atomic mass is 32.1. The van der Waals surface area contributed by atoms with Gasteiger partial charge in [0.25, 0.3) is 0 Å². The summed E-state index contributed by atoms with van der Waals surface area (Å²) in [5.41, 5.74) is 8.07. The highest BCUT2D eigenvalue weighted by Gasteiger charge is 2.11. The molecule has 2 aromatic heterocycles. The zero-order valence-electron chi connectivity index (χ0n) is 8.27. The number of rotatable bonds is 2. The Bertz CT molecular complexity index is 417. The third-order valence-electron chi connectivity index (χ3n) is 2.28. The van der Waals surface area contributed by atoms with Crippen molar-refractivity contribution in [3.05, 3.63) is 34.2 Å². The summed E-state index contributed by atoms with van der Waals surface area (Å²) in [5, 5.41) is 8.56. The monoisotopic (exact) mass is 207 g/mol. The lowest BCUT2D eigenvalue weighted by Crippen LogP contribution is -2.10. The predicted molar refractivity (Wildman–Crippen MR) is 59.5 cm³/mol. The molecule has 3 nitrogen and oxygen atoms in total. The molecule has 0 aromatic carbocycles. The van der Waals surface area contributed by atoms with Gasteiger partial charge in [-0.05, 0) is 36.2 Å². The fourth-order valence-corrected chi connectivity index (χ4v) is 2.25. The molecule has 4 heteroatoms. The van der Waals surface area contributed by atoms with Crippen LogP contribution in [-0.2, 0) is 0 Å². The summed E-state index contributed by atoms with van der Waals surface area (Å²) in [6.07, 6.45) is 0. The SMILES string of the molecule is Cc1cc(N)n([C@H](C)c2ccsc2)n1. The summed E-state index contributed by atoms with van der Waals surface area (Å²) in [6, 6.07) is 4.21. The van der Waals surface area contributed by atoms with Crippen molar-refractivity contribution in [2.75, 3.05) is 5.73 Å². The highest BCUT2D eigenvalue weighted by Crippen LogP contribution is 2.22. The Balaban J connectivity index is 2.36. The largest absolute Gasteiger partial charge is 0.384 e. The van der Waals surface area contributed by atoms with E-state index in [-0.39, 0.29) is 6.04 Å². The van der Waals surface area contributed by atoms with Crippen LogP contribution in [0.2, 0.25) is 0 Å². The third kappa shape index (κ3) is 1.53. The van der Waals surface area contributed by atoms with Gasteiger partial charge in [0.05, 0.1) is 11.7 Å². The number of aromatic nitrogens is 2. The molecule has 2 N–H and O–H groups in total. The summed E-state index contributed by atoms with van der Waals surface area (Å²) in [5.74, 6) is 0.723. The van der Waals surface area contributed by atoms with Gasteiger partial charge in [0.15, 0.2) is 0 Å². The van der Waals surface area contributed by atoms with E-state index in [1.807, 2.05) is 17.7 Å². The first-order valence-electron chi connectivity index (χ1n) is 4.52. The number of nitrogens with two attached hydrogens (primary N) is 1. The molecule has 1 atom stereocenters. The molecular weight excluding hydrogens is 194 g/mol. The third-order valence-corrected chi connectivity index (χ3v) is 2.98. The maximum atomic E-state index is 5.85. The Hall–Kier alpha value is -1.29. The quantitative estimate of drug-likeness (QED) is 0.822. The van der Waals surface area contributed by atoms with Crippen molar-refractivity contribution in [1.82, 2.24) is 9.78 Å². The van der Waals surface area contributed by atoms with Crippen molar-refractivity contribution in [3.63, 3.8) is 0 Å². The number of hydrogen-bond acceptors (Lipinski definition) is 3. The van der Waals surface area contributed by atoms with Gasteiger partial charge in [-0.1, -0.05) is 0 Å². The van der Waals surface area contributed by atoms with E-state index in [4.69, 9.17) is 5.73 Å². The molecule has 2 rings (SSSR count). The second kappa shape index (κ2) is 3.46. The molecule has 0 saturated carbocycles. The summed E-state index contributed by atoms with van der Waals surface area (Å²) in [6.45, 7) is 4.05. The van der Waals surface area contributed by atoms with Gasteiger partial charge in [-0.15, -0.1) is 0 Å². The summed E-state index contributed by atoms with van der Waals surface area (Å²) in [4.78, 5) is 0. The number of aryl methyl sites for hydroxylation is 1. The number of anilines is 1. The number of nitrogens with zero attached hydrogens (tertiary/aromatic N) is 2. The number of hydrogen-bond donors (Lipinski definition) is 1. The van der Waals surface area contributed by atoms with Crippen molar-refractivity contribution >= 4 is 17.2 Å². The Kier molecular flexibility index (Phi) is 2.29. The Morgan fingerprint density at radius 3 is 2.86 bits per heavy atom. The summed E-state index contributed by atoms with van der Waals surface area (Å²) in [7, 11) is 0. The first-order chi connectivity index (χ1) is 6.68. The Morgan fingerprint density at radius 1 is 1.57 bits per heavy atom. The summed E-state index contributed by atoms with van der Waals surface area (Å²) < 4.78 is 1.86. The van der Waals surface area contributed by atoms with Crippen LogP contribution < -0.4 is 5.73 Å². The van der Waals surface area contributed by atoms with Gasteiger partial charge in [0.1, 0.15) is 5.82 Å². The minimum Gasteiger partial charge on any atom is -0.384 e. The van der Waals surface area contributed by atoms with Gasteiger partial charge in [0, 0.05) is 6.07 Å². The molecule has 0 saturated heterocycles. The van der Waals surface area contributed by atoms with Crippen LogP contribution in [0.25, 0.3) is 0 Å². The van der Waals surface area contributed by atoms with E-state index in [0.717, 1.165) is 11.5 Å². The van der Waals surface area contributed by atoms with E-state index in [9.17, 15) is 0 Å². The van der Waals surface area contributed by atoms with Crippen LogP contribution in [0.15, 0.2) is 22.9 Å². The smallest absolute Gasteiger partial charge is 0.122 e. The first-order valence-corrected chi connectivity index (χ1v) is 5.46. The lowest BCUT2D eigenvalue weighted by molar-refractivity contribution is 0.570. The highest BCUT2D eigenvalue weighted by molar-refractivity contribution is 7.07. The standard InChI is InChI=1S/C10H13N3S/c1-7-5-10(11)13(12-7)8(2)9-3-4-14-6-9/h3-6,8H,11H2,1-2H3/t8-/m1/s1. The second-order valence-electron chi connectivity index (χ2n) is 3.39. The fourth-order valence-electron chi connectivity index (χ4n) is 1.50. The van der Waals surface area contributed by atoms with Crippen LogP contribution >= 0.6 is 11.3 Å². The van der Waals surface area contributed by atoms with Crippen LogP contribution in [-0.4, -0.2) is 9.78 Å². The van der Waals surface area contributed by atoms with Crippen molar-refractivity contribution in [1.29, 1.82) is 0 Å². The minimum absolute atomic E-state index is 0.218. The molecule has 2 aromatic rings. The average Bonchev–Trinajstić information content (AvgIpc) is 2.73.